The summed E-state index contributed by atoms with van der Waals surface area (Å²) in [5, 5.41) is 0. The maximum absolute atomic E-state index is 11.8. The van der Waals surface area contributed by atoms with E-state index < -0.39 is 0 Å². The van der Waals surface area contributed by atoms with Gasteiger partial charge in [0.15, 0.2) is 0 Å². The van der Waals surface area contributed by atoms with Gasteiger partial charge < -0.3 is 9.64 Å². The van der Waals surface area contributed by atoms with Crippen LogP contribution in [0.3, 0.4) is 0 Å². The number of nitrogens with zero attached hydrogens (tertiary/aromatic N) is 1. The Kier molecular flexibility index (Phi) is 4.93. The first kappa shape index (κ1) is 13.2. The molecule has 4 nitrogen and oxygen atoms in total. The molecule has 1 fully saturated rings. The summed E-state index contributed by atoms with van der Waals surface area (Å²) in [5.74, 6) is 0.412. The summed E-state index contributed by atoms with van der Waals surface area (Å²) < 4.78 is 5.10. The normalized spacial score (nSPS) is 23.3. The van der Waals surface area contributed by atoms with Gasteiger partial charge in [0.05, 0.1) is 6.10 Å². The monoisotopic (exact) mass is 227 g/mol. The first-order valence-corrected chi connectivity index (χ1v) is 5.88. The number of hydrogen-bond donors (Lipinski definition) is 0. The zero-order valence-electron chi connectivity index (χ0n) is 10.4. The van der Waals surface area contributed by atoms with E-state index in [1.165, 1.54) is 0 Å². The number of ether oxygens (including phenoxy) is 1. The highest BCUT2D eigenvalue weighted by Gasteiger charge is 2.26. The molecule has 1 heterocycles. The molecule has 0 aromatic heterocycles. The van der Waals surface area contributed by atoms with Gasteiger partial charge in [-0.1, -0.05) is 6.92 Å². The molecule has 0 saturated carbocycles. The van der Waals surface area contributed by atoms with E-state index in [1.807, 2.05) is 13.8 Å². The number of amides is 1. The van der Waals surface area contributed by atoms with Gasteiger partial charge in [-0.05, 0) is 13.3 Å². The summed E-state index contributed by atoms with van der Waals surface area (Å²) in [6.45, 7) is 5.01. The summed E-state index contributed by atoms with van der Waals surface area (Å²) in [6, 6.07) is 0. The Balaban J connectivity index is 2.34. The highest BCUT2D eigenvalue weighted by atomic mass is 16.5. The van der Waals surface area contributed by atoms with Gasteiger partial charge in [-0.15, -0.1) is 0 Å². The first-order chi connectivity index (χ1) is 7.54. The smallest absolute Gasteiger partial charge is 0.222 e. The van der Waals surface area contributed by atoms with E-state index >= 15 is 0 Å². The molecule has 1 amide bonds. The number of methoxy groups -OCH3 is 1. The maximum atomic E-state index is 11.8. The third-order valence-electron chi connectivity index (χ3n) is 3.19. The third-order valence-corrected chi connectivity index (χ3v) is 3.19. The quantitative estimate of drug-likeness (QED) is 0.726. The summed E-state index contributed by atoms with van der Waals surface area (Å²) in [5.41, 5.74) is 0. The van der Waals surface area contributed by atoms with Crippen molar-refractivity contribution < 1.29 is 14.3 Å². The average Bonchev–Trinajstić information content (AvgIpc) is 2.29. The van der Waals surface area contributed by atoms with Crippen molar-refractivity contribution in [1.82, 2.24) is 4.90 Å². The minimum Gasteiger partial charge on any atom is -0.382 e. The number of rotatable bonds is 4. The standard InChI is InChI=1S/C12H21NO3/c1-9-8-13(7-6-11(9)14)12(15)5-4-10(2)16-3/h9-10H,4-8H2,1-3H3. The van der Waals surface area contributed by atoms with Crippen molar-refractivity contribution in [3.63, 3.8) is 0 Å². The van der Waals surface area contributed by atoms with Crippen LogP contribution in [0.4, 0.5) is 0 Å². The fourth-order valence-electron chi connectivity index (χ4n) is 1.84. The van der Waals surface area contributed by atoms with Gasteiger partial charge in [0, 0.05) is 39.0 Å². The number of carbonyl (C=O) groups is 2. The number of likely N-dealkylation sites (tertiary alicyclic amines) is 1. The van der Waals surface area contributed by atoms with Crippen LogP contribution in [0.15, 0.2) is 0 Å². The second kappa shape index (κ2) is 5.99. The van der Waals surface area contributed by atoms with Crippen LogP contribution in [0.5, 0.6) is 0 Å². The highest BCUT2D eigenvalue weighted by molar-refractivity contribution is 5.85. The Hall–Kier alpha value is -0.900. The van der Waals surface area contributed by atoms with Crippen LogP contribution in [0, 0.1) is 5.92 Å². The highest BCUT2D eigenvalue weighted by Crippen LogP contribution is 2.14. The van der Waals surface area contributed by atoms with E-state index in [0.717, 1.165) is 6.42 Å². The fraction of sp³-hybridized carbons (Fsp3) is 0.833. The number of hydrogen-bond acceptors (Lipinski definition) is 3. The van der Waals surface area contributed by atoms with Gasteiger partial charge in [0.25, 0.3) is 0 Å². The van der Waals surface area contributed by atoms with Crippen LogP contribution in [0.1, 0.15) is 33.1 Å². The minimum atomic E-state index is -0.00227. The Morgan fingerprint density at radius 3 is 2.88 bits per heavy atom. The second-order valence-corrected chi connectivity index (χ2v) is 4.54. The minimum absolute atomic E-state index is 0.00227. The number of ketones is 1. The SMILES string of the molecule is COC(C)CCC(=O)N1CCC(=O)C(C)C1. The summed E-state index contributed by atoms with van der Waals surface area (Å²) >= 11 is 0. The van der Waals surface area contributed by atoms with Crippen molar-refractivity contribution in [2.45, 2.75) is 39.2 Å². The molecule has 0 N–H and O–H groups in total. The molecule has 0 aromatic carbocycles. The third kappa shape index (κ3) is 3.59. The molecule has 1 saturated heterocycles. The lowest BCUT2D eigenvalue weighted by molar-refractivity contribution is -0.137. The lowest BCUT2D eigenvalue weighted by Gasteiger charge is -2.30. The predicted molar refractivity (Wildman–Crippen MR) is 61.1 cm³/mol. The zero-order valence-corrected chi connectivity index (χ0v) is 10.4. The second-order valence-electron chi connectivity index (χ2n) is 4.54. The van der Waals surface area contributed by atoms with Crippen molar-refractivity contribution >= 4 is 11.7 Å². The summed E-state index contributed by atoms with van der Waals surface area (Å²) in [4.78, 5) is 24.9. The molecule has 16 heavy (non-hydrogen) atoms. The Morgan fingerprint density at radius 1 is 1.62 bits per heavy atom. The number of Topliss-reactive ketones (excluding diaryl/α,β-unsaturated/α-hetero) is 1. The van der Waals surface area contributed by atoms with Crippen LogP contribution in [0.25, 0.3) is 0 Å². The average molecular weight is 227 g/mol. The van der Waals surface area contributed by atoms with Crippen molar-refractivity contribution in [2.24, 2.45) is 5.92 Å². The van der Waals surface area contributed by atoms with E-state index in [-0.39, 0.29) is 23.7 Å². The molecule has 92 valence electrons. The molecule has 0 aromatic rings. The van der Waals surface area contributed by atoms with Crippen molar-refractivity contribution in [3.05, 3.63) is 0 Å². The van der Waals surface area contributed by atoms with Crippen molar-refractivity contribution in [1.29, 1.82) is 0 Å². The maximum Gasteiger partial charge on any atom is 0.222 e. The van der Waals surface area contributed by atoms with Crippen molar-refractivity contribution in [2.75, 3.05) is 20.2 Å². The molecule has 2 unspecified atom stereocenters. The van der Waals surface area contributed by atoms with E-state index in [0.29, 0.717) is 25.9 Å². The molecule has 0 radical (unpaired) electrons. The van der Waals surface area contributed by atoms with Gasteiger partial charge in [0.2, 0.25) is 5.91 Å². The molecule has 0 spiro atoms. The van der Waals surface area contributed by atoms with Gasteiger partial charge >= 0.3 is 0 Å². The molecule has 0 bridgehead atoms. The predicted octanol–water partition coefficient (Wildman–Crippen LogP) is 1.24. The summed E-state index contributed by atoms with van der Waals surface area (Å²) in [7, 11) is 1.65. The largest absolute Gasteiger partial charge is 0.382 e. The molecule has 1 aliphatic heterocycles. The number of carbonyl (C=O) groups excluding carboxylic acids is 2. The van der Waals surface area contributed by atoms with Gasteiger partial charge in [-0.2, -0.15) is 0 Å². The van der Waals surface area contributed by atoms with E-state index in [9.17, 15) is 9.59 Å². The van der Waals surface area contributed by atoms with Crippen molar-refractivity contribution in [3.8, 4) is 0 Å². The van der Waals surface area contributed by atoms with Crippen LogP contribution in [-0.2, 0) is 14.3 Å². The van der Waals surface area contributed by atoms with E-state index in [2.05, 4.69) is 0 Å². The fourth-order valence-corrected chi connectivity index (χ4v) is 1.84. The topological polar surface area (TPSA) is 46.6 Å². The first-order valence-electron chi connectivity index (χ1n) is 5.88. The molecule has 1 rings (SSSR count). The molecule has 0 aliphatic carbocycles. The van der Waals surface area contributed by atoms with E-state index in [1.54, 1.807) is 12.0 Å². The molecule has 2 atom stereocenters. The van der Waals surface area contributed by atoms with Crippen LogP contribution >= 0.6 is 0 Å². The Labute approximate surface area is 96.9 Å². The van der Waals surface area contributed by atoms with Gasteiger partial charge in [-0.3, -0.25) is 9.59 Å². The molecular formula is C12H21NO3. The van der Waals surface area contributed by atoms with Crippen LogP contribution < -0.4 is 0 Å². The van der Waals surface area contributed by atoms with Gasteiger partial charge in [-0.25, -0.2) is 0 Å². The Morgan fingerprint density at radius 2 is 2.31 bits per heavy atom. The molecule has 1 aliphatic rings. The summed E-state index contributed by atoms with van der Waals surface area (Å²) in [6.07, 6.45) is 1.88. The molecular weight excluding hydrogens is 206 g/mol. The van der Waals surface area contributed by atoms with Crippen LogP contribution in [-0.4, -0.2) is 42.9 Å². The van der Waals surface area contributed by atoms with Gasteiger partial charge in [0.1, 0.15) is 5.78 Å². The number of piperidine rings is 1. The van der Waals surface area contributed by atoms with E-state index in [4.69, 9.17) is 4.74 Å². The Bertz CT molecular complexity index is 265. The molecule has 4 heteroatoms. The van der Waals surface area contributed by atoms with Crippen LogP contribution in [0.2, 0.25) is 0 Å². The lowest BCUT2D eigenvalue weighted by Crippen LogP contribution is -2.43. The lowest BCUT2D eigenvalue weighted by atomic mass is 9.98. The zero-order chi connectivity index (χ0) is 12.1.